The van der Waals surface area contributed by atoms with Crippen LogP contribution in [0.5, 0.6) is 0 Å². The fourth-order valence-electron chi connectivity index (χ4n) is 4.40. The lowest BCUT2D eigenvalue weighted by atomic mass is 9.84. The third-order valence-corrected chi connectivity index (χ3v) is 5.79. The molecule has 4 atom stereocenters. The second kappa shape index (κ2) is 7.09. The number of hydrogen-bond acceptors (Lipinski definition) is 5. The van der Waals surface area contributed by atoms with E-state index in [4.69, 9.17) is 0 Å². The Kier molecular flexibility index (Phi) is 4.63. The number of fused-ring (bicyclic) bond motifs is 1. The average molecular weight is 369 g/mol. The summed E-state index contributed by atoms with van der Waals surface area (Å²) in [6, 6.07) is 7.98. The number of carbonyl (C=O) groups excluding carboxylic acids is 1. The van der Waals surface area contributed by atoms with E-state index in [-0.39, 0.29) is 17.9 Å². The Morgan fingerprint density at radius 2 is 1.93 bits per heavy atom. The molecule has 1 aliphatic carbocycles. The molecule has 0 bridgehead atoms. The van der Waals surface area contributed by atoms with E-state index < -0.39 is 18.1 Å². The first-order valence-corrected chi connectivity index (χ1v) is 9.46. The Morgan fingerprint density at radius 1 is 1.19 bits per heavy atom. The minimum atomic E-state index is -0.929. The van der Waals surface area contributed by atoms with Gasteiger partial charge in [0, 0.05) is 11.6 Å². The van der Waals surface area contributed by atoms with Crippen molar-refractivity contribution in [2.75, 3.05) is 0 Å². The third-order valence-electron chi connectivity index (χ3n) is 5.79. The fourth-order valence-corrected chi connectivity index (χ4v) is 4.40. The van der Waals surface area contributed by atoms with E-state index in [1.807, 2.05) is 30.3 Å². The summed E-state index contributed by atoms with van der Waals surface area (Å²) in [5.74, 6) is -0.447. The lowest BCUT2D eigenvalue weighted by Crippen LogP contribution is -2.48. The van der Waals surface area contributed by atoms with Gasteiger partial charge in [-0.1, -0.05) is 43.2 Å². The Labute approximate surface area is 157 Å². The average Bonchev–Trinajstić information content (AvgIpc) is 3.32. The summed E-state index contributed by atoms with van der Waals surface area (Å²) in [5.41, 5.74) is 0.820. The van der Waals surface area contributed by atoms with Gasteiger partial charge in [0.25, 0.3) is 0 Å². The van der Waals surface area contributed by atoms with Crippen molar-refractivity contribution in [1.29, 1.82) is 0 Å². The number of aliphatic carboxylic acids is 1. The van der Waals surface area contributed by atoms with Crippen LogP contribution in [0.3, 0.4) is 0 Å². The van der Waals surface area contributed by atoms with Crippen molar-refractivity contribution in [2.24, 2.45) is 5.92 Å². The Balaban J connectivity index is 1.57. The van der Waals surface area contributed by atoms with Crippen LogP contribution in [0.1, 0.15) is 45.1 Å². The van der Waals surface area contributed by atoms with Crippen molar-refractivity contribution < 1.29 is 14.7 Å². The molecule has 1 N–H and O–H groups in total. The number of carboxylic acids is 1. The van der Waals surface area contributed by atoms with Crippen LogP contribution >= 0.6 is 0 Å². The largest absolute Gasteiger partial charge is 0.480 e. The summed E-state index contributed by atoms with van der Waals surface area (Å²) in [4.78, 5) is 27.8. The van der Waals surface area contributed by atoms with E-state index in [9.17, 15) is 14.7 Å². The number of nitrogens with zero attached hydrogens (tertiary/aromatic N) is 5. The van der Waals surface area contributed by atoms with Gasteiger partial charge in [0.1, 0.15) is 12.1 Å². The standard InChI is InChI=1S/C19H23N5O3/c1-12(24-21-17(20-22-24)13-7-3-2-4-8-13)18(25)23-15-10-6-5-9-14(15)11-16(23)19(26)27/h2-4,7-8,12,14-16H,5-6,9-11H2,1H3,(H,26,27). The fraction of sp³-hybridized carbons (Fsp3) is 0.526. The molecule has 1 aromatic carbocycles. The van der Waals surface area contributed by atoms with Gasteiger partial charge in [0.2, 0.25) is 11.7 Å². The zero-order chi connectivity index (χ0) is 19.0. The van der Waals surface area contributed by atoms with Crippen LogP contribution in [0.4, 0.5) is 0 Å². The Morgan fingerprint density at radius 3 is 2.67 bits per heavy atom. The molecule has 2 aromatic rings. The molecule has 4 rings (SSSR count). The first-order chi connectivity index (χ1) is 13.1. The molecule has 2 aliphatic rings. The third kappa shape index (κ3) is 3.20. The molecule has 4 unspecified atom stereocenters. The molecule has 1 saturated carbocycles. The van der Waals surface area contributed by atoms with Gasteiger partial charge in [-0.2, -0.15) is 4.80 Å². The first kappa shape index (κ1) is 17.6. The zero-order valence-electron chi connectivity index (χ0n) is 15.2. The molecule has 1 saturated heterocycles. The lowest BCUT2D eigenvalue weighted by Gasteiger charge is -2.34. The summed E-state index contributed by atoms with van der Waals surface area (Å²) < 4.78 is 0. The number of carbonyl (C=O) groups is 2. The Hall–Kier alpha value is -2.77. The predicted molar refractivity (Wildman–Crippen MR) is 96.6 cm³/mol. The second-order valence-electron chi connectivity index (χ2n) is 7.42. The lowest BCUT2D eigenvalue weighted by molar-refractivity contribution is -0.151. The summed E-state index contributed by atoms with van der Waals surface area (Å²) >= 11 is 0. The van der Waals surface area contributed by atoms with Crippen LogP contribution in [0.2, 0.25) is 0 Å². The smallest absolute Gasteiger partial charge is 0.326 e. The molecular weight excluding hydrogens is 346 g/mol. The molecule has 1 amide bonds. The molecule has 2 fully saturated rings. The molecule has 1 aliphatic heterocycles. The van der Waals surface area contributed by atoms with Crippen LogP contribution < -0.4 is 0 Å². The van der Waals surface area contributed by atoms with Crippen molar-refractivity contribution in [3.8, 4) is 11.4 Å². The normalized spacial score (nSPS) is 25.8. The number of carboxylic acid groups (broad SMARTS) is 1. The van der Waals surface area contributed by atoms with Gasteiger partial charge >= 0.3 is 5.97 Å². The van der Waals surface area contributed by atoms with E-state index in [1.54, 1.807) is 11.8 Å². The summed E-state index contributed by atoms with van der Waals surface area (Å²) in [5, 5.41) is 22.1. The second-order valence-corrected chi connectivity index (χ2v) is 7.42. The maximum Gasteiger partial charge on any atom is 0.326 e. The number of likely N-dealkylation sites (tertiary alicyclic amines) is 1. The molecular formula is C19H23N5O3. The van der Waals surface area contributed by atoms with Gasteiger partial charge in [-0.05, 0) is 37.3 Å². The maximum absolute atomic E-state index is 13.2. The summed E-state index contributed by atoms with van der Waals surface area (Å²) in [7, 11) is 0. The minimum Gasteiger partial charge on any atom is -0.480 e. The molecule has 0 spiro atoms. The van der Waals surface area contributed by atoms with E-state index in [0.717, 1.165) is 31.2 Å². The molecule has 8 heteroatoms. The quantitative estimate of drug-likeness (QED) is 0.886. The number of aromatic nitrogens is 4. The highest BCUT2D eigenvalue weighted by atomic mass is 16.4. The van der Waals surface area contributed by atoms with Gasteiger partial charge in [-0.25, -0.2) is 4.79 Å². The van der Waals surface area contributed by atoms with E-state index in [2.05, 4.69) is 15.4 Å². The van der Waals surface area contributed by atoms with Crippen LogP contribution in [0.25, 0.3) is 11.4 Å². The number of benzene rings is 1. The monoisotopic (exact) mass is 369 g/mol. The van der Waals surface area contributed by atoms with E-state index >= 15 is 0 Å². The van der Waals surface area contributed by atoms with Crippen molar-refractivity contribution in [3.05, 3.63) is 30.3 Å². The van der Waals surface area contributed by atoms with E-state index in [0.29, 0.717) is 12.2 Å². The molecule has 8 nitrogen and oxygen atoms in total. The number of tetrazole rings is 1. The molecule has 1 aromatic heterocycles. The highest BCUT2D eigenvalue weighted by Crippen LogP contribution is 2.40. The van der Waals surface area contributed by atoms with Crippen molar-refractivity contribution in [2.45, 2.75) is 57.2 Å². The molecule has 142 valence electrons. The number of hydrogen-bond donors (Lipinski definition) is 1. The topological polar surface area (TPSA) is 101 Å². The zero-order valence-corrected chi connectivity index (χ0v) is 15.2. The summed E-state index contributed by atoms with van der Waals surface area (Å²) in [6.45, 7) is 1.70. The highest BCUT2D eigenvalue weighted by Gasteiger charge is 2.48. The van der Waals surface area contributed by atoms with Crippen molar-refractivity contribution in [3.63, 3.8) is 0 Å². The van der Waals surface area contributed by atoms with Crippen molar-refractivity contribution >= 4 is 11.9 Å². The van der Waals surface area contributed by atoms with E-state index in [1.165, 1.54) is 4.80 Å². The van der Waals surface area contributed by atoms with Crippen molar-refractivity contribution in [1.82, 2.24) is 25.1 Å². The highest BCUT2D eigenvalue weighted by molar-refractivity contribution is 5.86. The summed E-state index contributed by atoms with van der Waals surface area (Å²) in [6.07, 6.45) is 4.54. The maximum atomic E-state index is 13.2. The van der Waals surface area contributed by atoms with Gasteiger partial charge in [0.15, 0.2) is 0 Å². The van der Waals surface area contributed by atoms with Crippen LogP contribution in [0.15, 0.2) is 30.3 Å². The van der Waals surface area contributed by atoms with Gasteiger partial charge in [-0.3, -0.25) is 4.79 Å². The SMILES string of the molecule is CC(C(=O)N1C(C(=O)O)CC2CCCCC21)n1nnc(-c2ccccc2)n1. The van der Waals surface area contributed by atoms with Crippen LogP contribution in [-0.2, 0) is 9.59 Å². The molecule has 0 radical (unpaired) electrons. The Bertz CT molecular complexity index is 837. The van der Waals surface area contributed by atoms with Gasteiger partial charge in [-0.15, -0.1) is 10.2 Å². The first-order valence-electron chi connectivity index (χ1n) is 9.46. The number of rotatable bonds is 4. The molecule has 27 heavy (non-hydrogen) atoms. The minimum absolute atomic E-state index is 0.00640. The predicted octanol–water partition coefficient (Wildman–Crippen LogP) is 2.15. The molecule has 2 heterocycles. The van der Waals surface area contributed by atoms with Gasteiger partial charge in [0.05, 0.1) is 0 Å². The van der Waals surface area contributed by atoms with Crippen LogP contribution in [0, 0.1) is 5.92 Å². The van der Waals surface area contributed by atoms with Crippen LogP contribution in [-0.4, -0.2) is 54.2 Å². The number of amides is 1. The van der Waals surface area contributed by atoms with Gasteiger partial charge < -0.3 is 10.0 Å².